The van der Waals surface area contributed by atoms with Crippen molar-refractivity contribution in [2.75, 3.05) is 18.0 Å². The highest BCUT2D eigenvalue weighted by Crippen LogP contribution is 2.42. The first kappa shape index (κ1) is 13.6. The molecule has 1 saturated carbocycles. The third-order valence-corrected chi connectivity index (χ3v) is 4.58. The number of benzene rings is 1. The minimum Gasteiger partial charge on any atom is -0.312 e. The van der Waals surface area contributed by atoms with Gasteiger partial charge in [-0.05, 0) is 43.4 Å². The Bertz CT molecular complexity index is 500. The number of carbonyl (C=O) groups excluding carboxylic acids is 1. The van der Waals surface area contributed by atoms with Gasteiger partial charge in [0.1, 0.15) is 0 Å². The van der Waals surface area contributed by atoms with Crippen molar-refractivity contribution in [2.24, 2.45) is 11.8 Å². The first-order valence-electron chi connectivity index (χ1n) is 7.86. The number of anilines is 1. The van der Waals surface area contributed by atoms with E-state index in [9.17, 15) is 4.79 Å². The van der Waals surface area contributed by atoms with Crippen molar-refractivity contribution in [2.45, 2.75) is 39.2 Å². The number of fused-ring (bicyclic) bond motifs is 1. The Balaban J connectivity index is 1.83. The van der Waals surface area contributed by atoms with Gasteiger partial charge in [-0.3, -0.25) is 4.79 Å². The zero-order chi connectivity index (χ0) is 14.1. The number of carbonyl (C=O) groups is 1. The van der Waals surface area contributed by atoms with Crippen molar-refractivity contribution < 1.29 is 4.79 Å². The van der Waals surface area contributed by atoms with Crippen LogP contribution >= 0.6 is 0 Å². The van der Waals surface area contributed by atoms with Crippen molar-refractivity contribution in [1.82, 2.24) is 5.32 Å². The molecule has 0 radical (unpaired) electrons. The topological polar surface area (TPSA) is 32.3 Å². The lowest BCUT2D eigenvalue weighted by molar-refractivity contribution is -0.120. The Morgan fingerprint density at radius 2 is 2.15 bits per heavy atom. The minimum absolute atomic E-state index is 0.267. The molecule has 0 saturated heterocycles. The Labute approximate surface area is 121 Å². The van der Waals surface area contributed by atoms with Crippen LogP contribution in [0.1, 0.15) is 44.7 Å². The maximum absolute atomic E-state index is 12.6. The summed E-state index contributed by atoms with van der Waals surface area (Å²) in [4.78, 5) is 14.6. The van der Waals surface area contributed by atoms with E-state index in [0.717, 1.165) is 38.0 Å². The second kappa shape index (κ2) is 5.57. The molecule has 3 atom stereocenters. The zero-order valence-corrected chi connectivity index (χ0v) is 12.4. The summed E-state index contributed by atoms with van der Waals surface area (Å²) in [6, 6.07) is 8.77. The van der Waals surface area contributed by atoms with Crippen LogP contribution in [0.5, 0.6) is 0 Å². The van der Waals surface area contributed by atoms with E-state index in [2.05, 4.69) is 37.4 Å². The monoisotopic (exact) mass is 272 g/mol. The fourth-order valence-corrected chi connectivity index (χ4v) is 3.19. The summed E-state index contributed by atoms with van der Waals surface area (Å²) in [6.07, 6.45) is 3.22. The molecule has 0 spiro atoms. The van der Waals surface area contributed by atoms with Crippen molar-refractivity contribution >= 4 is 11.6 Å². The molecule has 1 amide bonds. The van der Waals surface area contributed by atoms with Gasteiger partial charge in [0.25, 0.3) is 0 Å². The van der Waals surface area contributed by atoms with E-state index in [4.69, 9.17) is 0 Å². The molecule has 108 valence electrons. The molecule has 2 aliphatic rings. The summed E-state index contributed by atoms with van der Waals surface area (Å²) in [5, 5.41) is 3.60. The molecule has 1 N–H and O–H groups in total. The van der Waals surface area contributed by atoms with E-state index < -0.39 is 0 Å². The van der Waals surface area contributed by atoms with Gasteiger partial charge in [0.05, 0.1) is 0 Å². The van der Waals surface area contributed by atoms with Crippen LogP contribution in [0.15, 0.2) is 24.3 Å². The third kappa shape index (κ3) is 2.47. The molecule has 1 aliphatic carbocycles. The first-order valence-corrected chi connectivity index (χ1v) is 7.86. The van der Waals surface area contributed by atoms with Gasteiger partial charge in [0.15, 0.2) is 0 Å². The van der Waals surface area contributed by atoms with Crippen LogP contribution in [0.2, 0.25) is 0 Å². The second-order valence-electron chi connectivity index (χ2n) is 6.16. The van der Waals surface area contributed by atoms with Crippen LogP contribution in [0.25, 0.3) is 0 Å². The molecule has 1 heterocycles. The Hall–Kier alpha value is -1.35. The summed E-state index contributed by atoms with van der Waals surface area (Å²) in [5.74, 6) is 1.17. The number of amides is 1. The van der Waals surface area contributed by atoms with Crippen LogP contribution in [-0.4, -0.2) is 19.0 Å². The fraction of sp³-hybridized carbons (Fsp3) is 0.588. The summed E-state index contributed by atoms with van der Waals surface area (Å²) < 4.78 is 0. The number of nitrogens with one attached hydrogen (secondary N) is 1. The van der Waals surface area contributed by atoms with E-state index >= 15 is 0 Å². The predicted molar refractivity (Wildman–Crippen MR) is 81.7 cm³/mol. The maximum atomic E-state index is 12.6. The van der Waals surface area contributed by atoms with Gasteiger partial charge in [-0.15, -0.1) is 0 Å². The van der Waals surface area contributed by atoms with E-state index in [1.165, 1.54) is 5.56 Å². The molecule has 1 aromatic rings. The lowest BCUT2D eigenvalue weighted by Crippen LogP contribution is -2.40. The second-order valence-corrected chi connectivity index (χ2v) is 6.16. The molecular weight excluding hydrogens is 248 g/mol. The fourth-order valence-electron chi connectivity index (χ4n) is 3.19. The molecule has 1 aromatic carbocycles. The smallest absolute Gasteiger partial charge is 0.230 e. The highest BCUT2D eigenvalue weighted by Gasteiger charge is 2.43. The number of hydrogen-bond acceptors (Lipinski definition) is 2. The minimum atomic E-state index is 0.267. The number of para-hydroxylation sites is 1. The molecular formula is C17H24N2O. The predicted octanol–water partition coefficient (Wildman–Crippen LogP) is 3.12. The van der Waals surface area contributed by atoms with Gasteiger partial charge >= 0.3 is 0 Å². The van der Waals surface area contributed by atoms with Crippen LogP contribution in [0, 0.1) is 11.8 Å². The first-order chi connectivity index (χ1) is 9.72. The lowest BCUT2D eigenvalue weighted by atomic mass is 9.95. The van der Waals surface area contributed by atoms with E-state index in [1.54, 1.807) is 0 Å². The SMILES string of the molecule is CCCNC1CCN(C(=O)C2CC2C)c2ccccc21. The average molecular weight is 272 g/mol. The Morgan fingerprint density at radius 1 is 1.40 bits per heavy atom. The largest absolute Gasteiger partial charge is 0.312 e. The zero-order valence-electron chi connectivity index (χ0n) is 12.4. The van der Waals surface area contributed by atoms with Crippen LogP contribution < -0.4 is 10.2 Å². The van der Waals surface area contributed by atoms with Crippen molar-refractivity contribution in [1.29, 1.82) is 0 Å². The summed E-state index contributed by atoms with van der Waals surface area (Å²) in [5.41, 5.74) is 2.41. The van der Waals surface area contributed by atoms with Gasteiger partial charge < -0.3 is 10.2 Å². The van der Waals surface area contributed by atoms with E-state index in [0.29, 0.717) is 17.9 Å². The van der Waals surface area contributed by atoms with E-state index in [1.807, 2.05) is 11.0 Å². The van der Waals surface area contributed by atoms with Gasteiger partial charge in [-0.2, -0.15) is 0 Å². The Morgan fingerprint density at radius 3 is 2.85 bits per heavy atom. The molecule has 3 nitrogen and oxygen atoms in total. The molecule has 1 aliphatic heterocycles. The van der Waals surface area contributed by atoms with Crippen molar-refractivity contribution in [3.8, 4) is 0 Å². The number of nitrogens with zero attached hydrogens (tertiary/aromatic N) is 1. The molecule has 3 heteroatoms. The molecule has 0 aromatic heterocycles. The molecule has 20 heavy (non-hydrogen) atoms. The highest BCUT2D eigenvalue weighted by atomic mass is 16.2. The van der Waals surface area contributed by atoms with Gasteiger partial charge in [0, 0.05) is 24.2 Å². The molecule has 1 fully saturated rings. The normalized spacial score (nSPS) is 28.1. The summed E-state index contributed by atoms with van der Waals surface area (Å²) in [6.45, 7) is 6.24. The summed E-state index contributed by atoms with van der Waals surface area (Å²) in [7, 11) is 0. The standard InChI is InChI=1S/C17H24N2O/c1-3-9-18-15-8-10-19(17(20)14-11-12(14)2)16-7-5-4-6-13(15)16/h4-7,12,14-15,18H,3,8-11H2,1-2H3. The summed E-state index contributed by atoms with van der Waals surface area (Å²) >= 11 is 0. The van der Waals surface area contributed by atoms with Gasteiger partial charge in [0.2, 0.25) is 5.91 Å². The van der Waals surface area contributed by atoms with E-state index in [-0.39, 0.29) is 5.92 Å². The van der Waals surface area contributed by atoms with Crippen LogP contribution in [-0.2, 0) is 4.79 Å². The molecule has 0 bridgehead atoms. The van der Waals surface area contributed by atoms with Gasteiger partial charge in [-0.1, -0.05) is 32.0 Å². The number of rotatable bonds is 4. The maximum Gasteiger partial charge on any atom is 0.230 e. The van der Waals surface area contributed by atoms with Gasteiger partial charge in [-0.25, -0.2) is 0 Å². The molecule has 3 rings (SSSR count). The van der Waals surface area contributed by atoms with Crippen molar-refractivity contribution in [3.05, 3.63) is 29.8 Å². The Kier molecular flexibility index (Phi) is 3.79. The van der Waals surface area contributed by atoms with Crippen molar-refractivity contribution in [3.63, 3.8) is 0 Å². The molecule has 3 unspecified atom stereocenters. The lowest BCUT2D eigenvalue weighted by Gasteiger charge is -2.35. The third-order valence-electron chi connectivity index (χ3n) is 4.58. The van der Waals surface area contributed by atoms with Crippen LogP contribution in [0.4, 0.5) is 5.69 Å². The van der Waals surface area contributed by atoms with Crippen LogP contribution in [0.3, 0.4) is 0 Å². The quantitative estimate of drug-likeness (QED) is 0.913. The highest BCUT2D eigenvalue weighted by molar-refractivity contribution is 5.97. The number of hydrogen-bond donors (Lipinski definition) is 1. The average Bonchev–Trinajstić information content (AvgIpc) is 3.21.